The molecule has 1 unspecified atom stereocenters. The highest BCUT2D eigenvalue weighted by atomic mass is 31.2. The van der Waals surface area contributed by atoms with E-state index in [1.165, 1.54) is 6.07 Å². The summed E-state index contributed by atoms with van der Waals surface area (Å²) in [7, 11) is -4.44. The molecule has 2 rings (SSSR count). The Bertz CT molecular complexity index is 630. The molecule has 1 aliphatic heterocycles. The average molecular weight is 323 g/mol. The fourth-order valence-electron chi connectivity index (χ4n) is 1.83. The lowest BCUT2D eigenvalue weighted by Crippen LogP contribution is -2.51. The van der Waals surface area contributed by atoms with Crippen molar-refractivity contribution in [2.75, 3.05) is 18.7 Å². The molecule has 0 spiro atoms. The molecule has 0 bridgehead atoms. The van der Waals surface area contributed by atoms with Crippen molar-refractivity contribution in [3.8, 4) is 0 Å². The number of rotatable bonds is 4. The van der Waals surface area contributed by atoms with E-state index in [2.05, 4.69) is 4.98 Å². The van der Waals surface area contributed by atoms with E-state index in [0.29, 0.717) is 4.57 Å². The molecule has 11 nitrogen and oxygen atoms in total. The number of aliphatic hydroxyl groups excluding tert-OH is 1. The van der Waals surface area contributed by atoms with Gasteiger partial charge >= 0.3 is 13.3 Å². The van der Waals surface area contributed by atoms with E-state index < -0.39 is 37.8 Å². The Kier molecular flexibility index (Phi) is 4.17. The predicted molar refractivity (Wildman–Crippen MR) is 66.8 cm³/mol. The van der Waals surface area contributed by atoms with Gasteiger partial charge in [0.25, 0.3) is 5.91 Å². The van der Waals surface area contributed by atoms with Crippen molar-refractivity contribution in [2.24, 2.45) is 0 Å². The van der Waals surface area contributed by atoms with E-state index in [4.69, 9.17) is 25.0 Å². The molecule has 3 atom stereocenters. The Balaban J connectivity index is 2.21. The van der Waals surface area contributed by atoms with Crippen molar-refractivity contribution in [3.63, 3.8) is 0 Å². The van der Waals surface area contributed by atoms with Gasteiger partial charge in [-0.3, -0.25) is 4.57 Å². The van der Waals surface area contributed by atoms with Crippen LogP contribution in [0.3, 0.4) is 0 Å². The maximum Gasteiger partial charge on any atom is 0.353 e. The van der Waals surface area contributed by atoms with Gasteiger partial charge in [0.15, 0.2) is 6.10 Å². The van der Waals surface area contributed by atoms with E-state index in [1.54, 1.807) is 0 Å². The second kappa shape index (κ2) is 5.46. The molecule has 0 amide bonds. The predicted octanol–water partition coefficient (Wildman–Crippen LogP) is -2.66. The Labute approximate surface area is 117 Å². The molecule has 0 saturated carbocycles. The first-order chi connectivity index (χ1) is 9.63. The van der Waals surface area contributed by atoms with Gasteiger partial charge in [0, 0.05) is 6.20 Å². The highest BCUT2D eigenvalue weighted by Gasteiger charge is 2.52. The van der Waals surface area contributed by atoms with Gasteiger partial charge in [-0.2, -0.15) is 4.98 Å². The summed E-state index contributed by atoms with van der Waals surface area (Å²) in [6.45, 7) is -0.380. The molecular weight excluding hydrogens is 309 g/mol. The first-order valence-electron chi connectivity index (χ1n) is 5.70. The topological polar surface area (TPSA) is 177 Å². The third-order valence-corrected chi connectivity index (χ3v) is 3.31. The van der Waals surface area contributed by atoms with Crippen LogP contribution < -0.4 is 11.4 Å². The van der Waals surface area contributed by atoms with Crippen LogP contribution in [0.2, 0.25) is 0 Å². The molecule has 1 aliphatic rings. The zero-order valence-electron chi connectivity index (χ0n) is 10.6. The van der Waals surface area contributed by atoms with Crippen molar-refractivity contribution in [3.05, 3.63) is 22.7 Å². The van der Waals surface area contributed by atoms with E-state index in [-0.39, 0.29) is 12.4 Å². The summed E-state index contributed by atoms with van der Waals surface area (Å²) in [6, 6.07) is 1.21. The Morgan fingerprint density at radius 1 is 1.62 bits per heavy atom. The summed E-state index contributed by atoms with van der Waals surface area (Å²) in [5.41, 5.74) is 4.34. The first kappa shape index (κ1) is 16.0. The molecule has 21 heavy (non-hydrogen) atoms. The summed E-state index contributed by atoms with van der Waals surface area (Å²) < 4.78 is 21.1. The molecule has 118 valence electrons. The molecule has 1 aromatic heterocycles. The van der Waals surface area contributed by atoms with E-state index in [9.17, 15) is 19.6 Å². The van der Waals surface area contributed by atoms with Crippen molar-refractivity contribution in [2.45, 2.75) is 18.1 Å². The van der Waals surface area contributed by atoms with Crippen LogP contribution in [-0.2, 0) is 19.9 Å². The number of nitrogens with zero attached hydrogens (tertiary/aromatic N) is 2. The number of aromatic nitrogens is 2. The molecule has 2 heterocycles. The maximum absolute atomic E-state index is 11.7. The van der Waals surface area contributed by atoms with Crippen LogP contribution >= 0.6 is 7.60 Å². The molecule has 0 aliphatic carbocycles. The zero-order chi connectivity index (χ0) is 15.8. The van der Waals surface area contributed by atoms with Crippen molar-refractivity contribution in [1.29, 1.82) is 0 Å². The molecule has 0 aromatic carbocycles. The zero-order valence-corrected chi connectivity index (χ0v) is 11.5. The molecule has 1 saturated heterocycles. The SMILES string of the molecule is Nc1ccn(C2(O)OC[C@H](OCP(=O)(O)O)[C@H]2O)c(=O)n1. The third-order valence-electron chi connectivity index (χ3n) is 2.82. The average Bonchev–Trinajstić information content (AvgIpc) is 2.63. The fraction of sp³-hybridized carbons (Fsp3) is 0.556. The lowest BCUT2D eigenvalue weighted by molar-refractivity contribution is -0.278. The van der Waals surface area contributed by atoms with Gasteiger partial charge in [-0.05, 0) is 6.07 Å². The van der Waals surface area contributed by atoms with Crippen LogP contribution in [0.1, 0.15) is 0 Å². The highest BCUT2D eigenvalue weighted by Crippen LogP contribution is 2.37. The summed E-state index contributed by atoms with van der Waals surface area (Å²) in [4.78, 5) is 32.5. The summed E-state index contributed by atoms with van der Waals surface area (Å²) in [6.07, 6.45) is -2.87. The minimum atomic E-state index is -4.44. The highest BCUT2D eigenvalue weighted by molar-refractivity contribution is 7.51. The quantitative estimate of drug-likeness (QED) is 0.367. The smallest absolute Gasteiger partial charge is 0.353 e. The van der Waals surface area contributed by atoms with Crippen LogP contribution in [0.15, 0.2) is 17.1 Å². The largest absolute Gasteiger partial charge is 0.383 e. The molecule has 0 radical (unpaired) electrons. The normalized spacial score (nSPS) is 29.7. The monoisotopic (exact) mass is 323 g/mol. The van der Waals surface area contributed by atoms with Gasteiger partial charge in [0.05, 0.1) is 6.61 Å². The lowest BCUT2D eigenvalue weighted by Gasteiger charge is -2.27. The third kappa shape index (κ3) is 3.30. The van der Waals surface area contributed by atoms with E-state index >= 15 is 0 Å². The minimum absolute atomic E-state index is 0.0818. The molecule has 1 fully saturated rings. The van der Waals surface area contributed by atoms with Crippen molar-refractivity contribution in [1.82, 2.24) is 9.55 Å². The second-order valence-corrected chi connectivity index (χ2v) is 6.01. The maximum atomic E-state index is 11.7. The van der Waals surface area contributed by atoms with Crippen LogP contribution in [0, 0.1) is 0 Å². The van der Waals surface area contributed by atoms with E-state index in [1.807, 2.05) is 0 Å². The Morgan fingerprint density at radius 2 is 2.29 bits per heavy atom. The minimum Gasteiger partial charge on any atom is -0.383 e. The summed E-state index contributed by atoms with van der Waals surface area (Å²) in [5.74, 6) is -2.54. The number of anilines is 1. The van der Waals surface area contributed by atoms with Gasteiger partial charge in [-0.1, -0.05) is 0 Å². The van der Waals surface area contributed by atoms with Crippen molar-refractivity contribution < 1.29 is 34.0 Å². The number of aliphatic hydroxyl groups is 2. The van der Waals surface area contributed by atoms with Gasteiger partial charge in [0.2, 0.25) is 0 Å². The Morgan fingerprint density at radius 3 is 2.86 bits per heavy atom. The Hall–Kier alpha value is -1.33. The van der Waals surface area contributed by atoms with Crippen LogP contribution in [0.4, 0.5) is 5.82 Å². The number of nitrogens with two attached hydrogens (primary N) is 1. The summed E-state index contributed by atoms with van der Waals surface area (Å²) >= 11 is 0. The first-order valence-corrected chi connectivity index (χ1v) is 7.49. The molecule has 6 N–H and O–H groups in total. The fourth-order valence-corrected chi connectivity index (χ4v) is 2.21. The van der Waals surface area contributed by atoms with E-state index in [0.717, 1.165) is 6.20 Å². The van der Waals surface area contributed by atoms with Crippen molar-refractivity contribution >= 4 is 13.4 Å². The molecule has 12 heteroatoms. The van der Waals surface area contributed by atoms with Gasteiger partial charge < -0.3 is 35.2 Å². The van der Waals surface area contributed by atoms with Gasteiger partial charge in [0.1, 0.15) is 18.3 Å². The number of hydrogen-bond donors (Lipinski definition) is 5. The molecule has 1 aromatic rings. The standard InChI is InChI=1S/C9H14N3O8P/c10-6-1-2-12(8(14)11-6)9(15)7(13)5(3-20-9)19-4-21(16,17)18/h1-2,5,7,13,15H,3-4H2,(H2,10,11,14)(H2,16,17,18)/t5-,7+,9?/m0/s1. The molecular formula is C9H14N3O8P. The van der Waals surface area contributed by atoms with Crippen LogP contribution in [-0.4, -0.2) is 54.7 Å². The lowest BCUT2D eigenvalue weighted by atomic mass is 10.2. The number of ether oxygens (including phenoxy) is 2. The van der Waals surface area contributed by atoms with Gasteiger partial charge in [-0.25, -0.2) is 9.36 Å². The second-order valence-electron chi connectivity index (χ2n) is 4.42. The summed E-state index contributed by atoms with van der Waals surface area (Å²) in [5, 5.41) is 20.2. The van der Waals surface area contributed by atoms with Crippen LogP contribution in [0.5, 0.6) is 0 Å². The number of nitrogen functional groups attached to an aromatic ring is 1. The van der Waals surface area contributed by atoms with Gasteiger partial charge in [-0.15, -0.1) is 0 Å². The van der Waals surface area contributed by atoms with Crippen LogP contribution in [0.25, 0.3) is 0 Å². The number of hydrogen-bond acceptors (Lipinski definition) is 8.